The molecule has 1 aliphatic heterocycles. The van der Waals surface area contributed by atoms with Crippen LogP contribution in [-0.4, -0.2) is 11.9 Å². The van der Waals surface area contributed by atoms with Crippen LogP contribution >= 0.6 is 15.9 Å². The second kappa shape index (κ2) is 5.95. The third kappa shape index (κ3) is 2.99. The number of aromatic hydroxyl groups is 1. The van der Waals surface area contributed by atoms with Gasteiger partial charge in [0.2, 0.25) is 6.79 Å². The van der Waals surface area contributed by atoms with Gasteiger partial charge in [-0.3, -0.25) is 0 Å². The van der Waals surface area contributed by atoms with Crippen LogP contribution in [0.15, 0.2) is 40.9 Å². The third-order valence-electron chi connectivity index (χ3n) is 3.57. The molecule has 1 aliphatic rings. The molecular formula is C16H16BrNO3. The number of para-hydroxylation sites is 1. The molecule has 2 N–H and O–H groups in total. The molecular weight excluding hydrogens is 334 g/mol. The van der Waals surface area contributed by atoms with Crippen molar-refractivity contribution < 1.29 is 14.6 Å². The highest BCUT2D eigenvalue weighted by Crippen LogP contribution is 2.34. The maximum atomic E-state index is 9.98. The molecule has 2 aromatic rings. The fourth-order valence-corrected chi connectivity index (χ4v) is 2.67. The number of benzene rings is 2. The number of phenols is 1. The lowest BCUT2D eigenvalue weighted by atomic mass is 10.1. The van der Waals surface area contributed by atoms with Crippen molar-refractivity contribution >= 4 is 15.9 Å². The number of fused-ring (bicyclic) bond motifs is 1. The molecule has 0 bridgehead atoms. The zero-order valence-electron chi connectivity index (χ0n) is 11.6. The van der Waals surface area contributed by atoms with E-state index in [0.29, 0.717) is 11.0 Å². The molecule has 110 valence electrons. The Balaban J connectivity index is 1.69. The van der Waals surface area contributed by atoms with Crippen molar-refractivity contribution in [1.29, 1.82) is 0 Å². The second-order valence-corrected chi connectivity index (χ2v) is 5.82. The van der Waals surface area contributed by atoms with E-state index in [1.54, 1.807) is 0 Å². The van der Waals surface area contributed by atoms with Gasteiger partial charge in [-0.05, 0) is 46.6 Å². The highest BCUT2D eigenvalue weighted by atomic mass is 79.9. The van der Waals surface area contributed by atoms with Gasteiger partial charge in [-0.1, -0.05) is 18.2 Å². The van der Waals surface area contributed by atoms with E-state index in [4.69, 9.17) is 9.47 Å². The highest BCUT2D eigenvalue weighted by molar-refractivity contribution is 9.10. The number of hydrogen-bond donors (Lipinski definition) is 2. The molecule has 5 heteroatoms. The Bertz CT molecular complexity index is 660. The van der Waals surface area contributed by atoms with Crippen LogP contribution in [0.1, 0.15) is 24.1 Å². The van der Waals surface area contributed by atoms with Gasteiger partial charge >= 0.3 is 0 Å². The SMILES string of the molecule is CC(NCc1cccc(Br)c1O)c1ccc2c(c1)OCO2. The largest absolute Gasteiger partial charge is 0.506 e. The summed E-state index contributed by atoms with van der Waals surface area (Å²) in [5.74, 6) is 1.85. The summed E-state index contributed by atoms with van der Waals surface area (Å²) in [5, 5.41) is 13.4. The number of halogens is 1. The summed E-state index contributed by atoms with van der Waals surface area (Å²) < 4.78 is 11.4. The molecule has 4 nitrogen and oxygen atoms in total. The molecule has 2 aromatic carbocycles. The first kappa shape index (κ1) is 14.2. The monoisotopic (exact) mass is 349 g/mol. The molecule has 0 saturated heterocycles. The van der Waals surface area contributed by atoms with E-state index in [2.05, 4.69) is 28.2 Å². The Morgan fingerprint density at radius 3 is 2.90 bits per heavy atom. The zero-order valence-corrected chi connectivity index (χ0v) is 13.2. The Morgan fingerprint density at radius 1 is 1.24 bits per heavy atom. The van der Waals surface area contributed by atoms with Crippen molar-refractivity contribution in [2.45, 2.75) is 19.5 Å². The summed E-state index contributed by atoms with van der Waals surface area (Å²) in [7, 11) is 0. The van der Waals surface area contributed by atoms with Crippen molar-refractivity contribution in [3.63, 3.8) is 0 Å². The van der Waals surface area contributed by atoms with Gasteiger partial charge in [-0.15, -0.1) is 0 Å². The maximum absolute atomic E-state index is 9.98. The van der Waals surface area contributed by atoms with Crippen molar-refractivity contribution in [2.24, 2.45) is 0 Å². The van der Waals surface area contributed by atoms with E-state index in [1.807, 2.05) is 36.4 Å². The molecule has 1 atom stereocenters. The number of nitrogens with one attached hydrogen (secondary N) is 1. The van der Waals surface area contributed by atoms with Crippen LogP contribution < -0.4 is 14.8 Å². The van der Waals surface area contributed by atoms with Crippen LogP contribution in [0.5, 0.6) is 17.2 Å². The first-order valence-corrected chi connectivity index (χ1v) is 7.54. The van der Waals surface area contributed by atoms with E-state index in [9.17, 15) is 5.11 Å². The summed E-state index contributed by atoms with van der Waals surface area (Å²) in [5.41, 5.74) is 1.98. The lowest BCUT2D eigenvalue weighted by molar-refractivity contribution is 0.174. The number of hydrogen-bond acceptors (Lipinski definition) is 4. The van der Waals surface area contributed by atoms with Crippen LogP contribution in [0.3, 0.4) is 0 Å². The average Bonchev–Trinajstić information content (AvgIpc) is 2.96. The Hall–Kier alpha value is -1.72. The number of phenolic OH excluding ortho intramolecular Hbond substituents is 1. The van der Waals surface area contributed by atoms with E-state index >= 15 is 0 Å². The van der Waals surface area contributed by atoms with Gasteiger partial charge in [0.15, 0.2) is 11.5 Å². The first-order valence-electron chi connectivity index (χ1n) is 6.74. The quantitative estimate of drug-likeness (QED) is 0.882. The standard InChI is InChI=1S/C16H16BrNO3/c1-10(11-5-6-14-15(7-11)21-9-20-14)18-8-12-3-2-4-13(17)16(12)19/h2-7,10,18-19H,8-9H2,1H3. The van der Waals surface area contributed by atoms with Crippen LogP contribution in [0.2, 0.25) is 0 Å². The Morgan fingerprint density at radius 2 is 2.05 bits per heavy atom. The molecule has 0 saturated carbocycles. The van der Waals surface area contributed by atoms with Crippen LogP contribution in [0, 0.1) is 0 Å². The number of ether oxygens (including phenoxy) is 2. The topological polar surface area (TPSA) is 50.7 Å². The third-order valence-corrected chi connectivity index (χ3v) is 4.21. The summed E-state index contributed by atoms with van der Waals surface area (Å²) in [6.45, 7) is 2.94. The van der Waals surface area contributed by atoms with Crippen molar-refractivity contribution in [3.05, 3.63) is 52.0 Å². The Kier molecular flexibility index (Phi) is 4.03. The minimum atomic E-state index is 0.137. The minimum absolute atomic E-state index is 0.137. The van der Waals surface area contributed by atoms with Gasteiger partial charge in [0.25, 0.3) is 0 Å². The van der Waals surface area contributed by atoms with Crippen molar-refractivity contribution in [3.8, 4) is 17.2 Å². The van der Waals surface area contributed by atoms with E-state index < -0.39 is 0 Å². The molecule has 0 spiro atoms. The van der Waals surface area contributed by atoms with E-state index in [0.717, 1.165) is 22.6 Å². The molecule has 0 amide bonds. The maximum Gasteiger partial charge on any atom is 0.231 e. The molecule has 1 heterocycles. The lowest BCUT2D eigenvalue weighted by Gasteiger charge is -2.15. The molecule has 0 radical (unpaired) electrons. The lowest BCUT2D eigenvalue weighted by Crippen LogP contribution is -2.18. The molecule has 3 rings (SSSR count). The van der Waals surface area contributed by atoms with Crippen molar-refractivity contribution in [2.75, 3.05) is 6.79 Å². The second-order valence-electron chi connectivity index (χ2n) is 4.96. The van der Waals surface area contributed by atoms with Crippen LogP contribution in [0.4, 0.5) is 0 Å². The predicted octanol–water partition coefficient (Wildman–Crippen LogP) is 3.73. The molecule has 1 unspecified atom stereocenters. The average molecular weight is 350 g/mol. The summed E-state index contributed by atoms with van der Waals surface area (Å²) in [6.07, 6.45) is 0. The van der Waals surface area contributed by atoms with E-state index in [-0.39, 0.29) is 18.6 Å². The van der Waals surface area contributed by atoms with Crippen molar-refractivity contribution in [1.82, 2.24) is 5.32 Å². The first-order chi connectivity index (χ1) is 10.1. The fraction of sp³-hybridized carbons (Fsp3) is 0.250. The smallest absolute Gasteiger partial charge is 0.231 e. The molecule has 0 fully saturated rings. The van der Waals surface area contributed by atoms with Gasteiger partial charge in [-0.2, -0.15) is 0 Å². The molecule has 0 aromatic heterocycles. The summed E-state index contributed by atoms with van der Waals surface area (Å²) >= 11 is 3.32. The zero-order chi connectivity index (χ0) is 14.8. The van der Waals surface area contributed by atoms with Gasteiger partial charge in [0.1, 0.15) is 5.75 Å². The van der Waals surface area contributed by atoms with E-state index in [1.165, 1.54) is 0 Å². The summed E-state index contributed by atoms with van der Waals surface area (Å²) in [6, 6.07) is 11.7. The van der Waals surface area contributed by atoms with Gasteiger partial charge in [0, 0.05) is 18.2 Å². The highest BCUT2D eigenvalue weighted by Gasteiger charge is 2.16. The molecule has 0 aliphatic carbocycles. The fourth-order valence-electron chi connectivity index (χ4n) is 2.27. The summed E-state index contributed by atoms with van der Waals surface area (Å²) in [4.78, 5) is 0. The van der Waals surface area contributed by atoms with Gasteiger partial charge < -0.3 is 19.9 Å². The number of rotatable bonds is 4. The van der Waals surface area contributed by atoms with Crippen LogP contribution in [-0.2, 0) is 6.54 Å². The van der Waals surface area contributed by atoms with Crippen LogP contribution in [0.25, 0.3) is 0 Å². The minimum Gasteiger partial charge on any atom is -0.506 e. The van der Waals surface area contributed by atoms with Gasteiger partial charge in [-0.25, -0.2) is 0 Å². The molecule has 21 heavy (non-hydrogen) atoms. The Labute approximate surface area is 131 Å². The normalized spacial score (nSPS) is 14.2. The van der Waals surface area contributed by atoms with Gasteiger partial charge in [0.05, 0.1) is 4.47 Å². The predicted molar refractivity (Wildman–Crippen MR) is 83.6 cm³/mol.